The summed E-state index contributed by atoms with van der Waals surface area (Å²) in [6, 6.07) is 32.8. The number of rotatable bonds is 0. The molecule has 2 bridgehead atoms. The number of aromatic nitrogens is 6. The van der Waals surface area contributed by atoms with E-state index < -0.39 is 23.3 Å². The van der Waals surface area contributed by atoms with Gasteiger partial charge >= 0.3 is 0 Å². The van der Waals surface area contributed by atoms with Gasteiger partial charge in [-0.1, -0.05) is 255 Å². The van der Waals surface area contributed by atoms with E-state index in [-0.39, 0.29) is 134 Å². The number of hydrogen-bond acceptors (Lipinski definition) is 10. The highest BCUT2D eigenvalue weighted by molar-refractivity contribution is 5.26. The molecule has 2 aliphatic heterocycles. The van der Waals surface area contributed by atoms with Crippen molar-refractivity contribution in [2.75, 3.05) is 26.4 Å². The molecule has 4 aliphatic carbocycles. The molecule has 6 heterocycles. The second-order valence-electron chi connectivity index (χ2n) is 32.1. The fraction of sp³-hybridized carbons (Fsp3) is 0.564. The Kier molecular flexibility index (Phi) is 90.8. The minimum atomic E-state index is -0.736. The monoisotopic (exact) mass is 1780 g/mol. The third-order valence-corrected chi connectivity index (χ3v) is 19.5. The second-order valence-corrected chi connectivity index (χ2v) is 32.1. The molecule has 10 nitrogen and oxygen atoms in total. The fourth-order valence-electron chi connectivity index (χ4n) is 10.9. The van der Waals surface area contributed by atoms with E-state index >= 15 is 0 Å². The van der Waals surface area contributed by atoms with Gasteiger partial charge in [0.15, 0.2) is 24.2 Å². The first-order valence-electron chi connectivity index (χ1n) is 39.6. The van der Waals surface area contributed by atoms with Gasteiger partial charge in [-0.25, -0.2) is 46.3 Å². The molecule has 0 amide bonds. The number of pyridine rings is 2. The predicted molar refractivity (Wildman–Crippen MR) is 546 cm³/mol. The van der Waals surface area contributed by atoms with Crippen LogP contribution >= 0.6 is 0 Å². The van der Waals surface area contributed by atoms with Crippen LogP contribution < -0.4 is 0 Å². The Morgan fingerprint density at radius 2 is 0.476 bits per heavy atom. The van der Waals surface area contributed by atoms with Crippen molar-refractivity contribution in [2.45, 2.75) is 361 Å². The van der Waals surface area contributed by atoms with Crippen LogP contribution in [0.3, 0.4) is 0 Å². The largest absolute Gasteiger partial charge is 0.353 e. The van der Waals surface area contributed by atoms with Crippen molar-refractivity contribution in [1.29, 1.82) is 0 Å². The van der Waals surface area contributed by atoms with Crippen molar-refractivity contribution in [3.05, 3.63) is 282 Å². The van der Waals surface area contributed by atoms with E-state index in [1.54, 1.807) is 45.0 Å². The summed E-state index contributed by atoms with van der Waals surface area (Å²) in [5.41, 5.74) is 15.7. The maximum Gasteiger partial charge on any atom is 0.161 e. The number of aryl methyl sites for hydroxylation is 17. The topological polar surface area (TPSA) is 114 Å². The molecule has 126 heavy (non-hydrogen) atoms. The Labute approximate surface area is 774 Å². The maximum absolute atomic E-state index is 12.6. The molecule has 0 radical (unpaired) electrons. The van der Waals surface area contributed by atoms with Crippen LogP contribution in [0.4, 0.5) is 26.3 Å². The van der Waals surface area contributed by atoms with Crippen molar-refractivity contribution < 1.29 is 45.3 Å². The minimum absolute atomic E-state index is 0. The lowest BCUT2D eigenvalue weighted by Crippen LogP contribution is -2.37. The van der Waals surface area contributed by atoms with Crippen molar-refractivity contribution in [1.82, 2.24) is 29.9 Å². The first-order valence-corrected chi connectivity index (χ1v) is 39.6. The average Bonchev–Trinajstić information content (AvgIpc) is 0.634. The van der Waals surface area contributed by atoms with Gasteiger partial charge in [-0.2, -0.15) is 0 Å². The molecule has 728 valence electrons. The van der Waals surface area contributed by atoms with Crippen molar-refractivity contribution in [2.24, 2.45) is 34.5 Å². The Bertz CT molecular complexity index is 3450. The van der Waals surface area contributed by atoms with Crippen LogP contribution in [0.2, 0.25) is 0 Å². The van der Waals surface area contributed by atoms with Gasteiger partial charge in [-0.3, -0.25) is 9.97 Å². The highest BCUT2D eigenvalue weighted by atomic mass is 19.2. The molecule has 15 rings (SSSR count). The van der Waals surface area contributed by atoms with Gasteiger partial charge in [0.2, 0.25) is 0 Å². The van der Waals surface area contributed by atoms with Crippen molar-refractivity contribution >= 4 is 0 Å². The first-order chi connectivity index (χ1) is 52.6. The summed E-state index contributed by atoms with van der Waals surface area (Å²) in [7, 11) is 0. The van der Waals surface area contributed by atoms with E-state index in [4.69, 9.17) is 18.9 Å². The number of ether oxygens (including phenoxy) is 4. The molecule has 4 aromatic heterocycles. The fourth-order valence-corrected chi connectivity index (χ4v) is 10.9. The highest BCUT2D eigenvalue weighted by Crippen LogP contribution is 2.56. The standard InChI is InChI=1S/C10H18.2C8H8F2.2C8H9F.C8H16.C8H10.2C7H9N.2C6H8N2.2C6H12O2.14CH4/c1-9-3-6-10(2,7-4-9)8-5-9;1-5-3-7(9)6(2)8(10)4-5;1-5-3-4-6(2)8(10)7(5)9;2*1-6-3-4-7(2)8(9)5-6;2*1-7-3-5-8(2)6-4-7;2*1-6-3-4-7(2)8-5-6;4*1-5-3-7-6(2)8-4-5;;;;;;;;;;;;;;/h3-8H2,1-2H3;2*3-4H,1-2H3;2*3-5H,1-2H3;7-8H,3-6H2,1-2H3;3-6H,1-2H3;2*3-5H,1-2H3;2*3-4H,1-2H3;2*5-6H,3-4H2,1-2H3;14*1H4. The number of benzene rings is 5. The minimum Gasteiger partial charge on any atom is -0.353 e. The van der Waals surface area contributed by atoms with Crippen LogP contribution in [0.5, 0.6) is 0 Å². The molecular formula is C110H192F6N6O4. The number of nitrogens with zero attached hydrogens (tertiary/aromatic N) is 6. The van der Waals surface area contributed by atoms with Gasteiger partial charge in [0, 0.05) is 66.0 Å². The summed E-state index contributed by atoms with van der Waals surface area (Å²) < 4.78 is 96.3. The summed E-state index contributed by atoms with van der Waals surface area (Å²) in [5, 5.41) is 0. The lowest BCUT2D eigenvalue weighted by molar-refractivity contribution is -0.187. The van der Waals surface area contributed by atoms with E-state index in [0.717, 1.165) is 94.4 Å². The Hall–Kier alpha value is -8.02. The van der Waals surface area contributed by atoms with Crippen LogP contribution in [0, 0.1) is 194 Å². The summed E-state index contributed by atoms with van der Waals surface area (Å²) in [6.07, 6.45) is 25.9. The molecule has 5 aromatic carbocycles. The highest BCUT2D eigenvalue weighted by Gasteiger charge is 2.43. The Morgan fingerprint density at radius 3 is 0.683 bits per heavy atom. The van der Waals surface area contributed by atoms with E-state index in [2.05, 4.69) is 122 Å². The van der Waals surface area contributed by atoms with Gasteiger partial charge in [-0.05, 0) is 297 Å². The molecule has 0 atom stereocenters. The zero-order chi connectivity index (χ0) is 84.3. The number of fused-ring (bicyclic) bond motifs is 3. The van der Waals surface area contributed by atoms with Gasteiger partial charge in [-0.15, -0.1) is 0 Å². The van der Waals surface area contributed by atoms with Crippen LogP contribution in [0.1, 0.15) is 324 Å². The average molecular weight is 1780 g/mol. The molecule has 6 aliphatic rings. The first kappa shape index (κ1) is 146. The smallest absolute Gasteiger partial charge is 0.161 e. The van der Waals surface area contributed by atoms with E-state index in [1.807, 2.05) is 145 Å². The third-order valence-electron chi connectivity index (χ3n) is 19.5. The predicted octanol–water partition coefficient (Wildman–Crippen LogP) is 35.1. The molecule has 16 heteroatoms. The Balaban J connectivity index is -0.0000000990. The molecule has 6 fully saturated rings. The van der Waals surface area contributed by atoms with Gasteiger partial charge in [0.05, 0.1) is 26.4 Å². The van der Waals surface area contributed by atoms with Crippen LogP contribution in [0.15, 0.2) is 146 Å². The van der Waals surface area contributed by atoms with Crippen LogP contribution in [-0.4, -0.2) is 68.9 Å². The zero-order valence-electron chi connectivity index (χ0n) is 72.8. The SMILES string of the molecule is C.C.C.C.C.C.C.C.C.C.C.C.C.C.CC12CCC(C)(CC1)CC2.CC1CCC(C)CC1.CC1COC(C)OC1.CC1COC(C)OC1.Cc1cc(F)c(C)c(F)c1.Cc1ccc(C)c(F)c1.Cc1ccc(C)c(F)c1.Cc1ccc(C)c(F)c1F.Cc1ccc(C)cc1.Cc1ccc(C)nc1.Cc1ccc(C)nc1.Cc1cnc(C)nc1.Cc1cnc(C)nc1. The van der Waals surface area contributed by atoms with Gasteiger partial charge in [0.25, 0.3) is 0 Å². The van der Waals surface area contributed by atoms with Crippen molar-refractivity contribution in [3.63, 3.8) is 0 Å². The second kappa shape index (κ2) is 78.1. The van der Waals surface area contributed by atoms with Crippen LogP contribution in [0.25, 0.3) is 0 Å². The molecule has 0 unspecified atom stereocenters. The van der Waals surface area contributed by atoms with Crippen LogP contribution in [-0.2, 0) is 18.9 Å². The van der Waals surface area contributed by atoms with E-state index in [0.29, 0.717) is 39.7 Å². The number of hydrogen-bond donors (Lipinski definition) is 0. The summed E-state index contributed by atoms with van der Waals surface area (Å²) in [4.78, 5) is 24.0. The molecule has 9 aromatic rings. The van der Waals surface area contributed by atoms with E-state index in [1.165, 1.54) is 131 Å². The van der Waals surface area contributed by atoms with Gasteiger partial charge in [0.1, 0.15) is 34.9 Å². The van der Waals surface area contributed by atoms with E-state index in [9.17, 15) is 26.3 Å². The third kappa shape index (κ3) is 66.4. The zero-order valence-corrected chi connectivity index (χ0v) is 72.8. The normalized spacial score (nSPS) is 17.7. The summed E-state index contributed by atoms with van der Waals surface area (Å²) in [5.74, 6) is 2.20. The summed E-state index contributed by atoms with van der Waals surface area (Å²) >= 11 is 0. The lowest BCUT2D eigenvalue weighted by Gasteiger charge is -2.50. The van der Waals surface area contributed by atoms with Gasteiger partial charge < -0.3 is 18.9 Å². The quantitative estimate of drug-likeness (QED) is 0.136. The lowest BCUT2D eigenvalue weighted by atomic mass is 9.55. The maximum atomic E-state index is 12.6. The van der Waals surface area contributed by atoms with Crippen molar-refractivity contribution in [3.8, 4) is 0 Å². The molecule has 0 spiro atoms. The summed E-state index contributed by atoms with van der Waals surface area (Å²) in [6.45, 7) is 54.5. The molecule has 4 saturated carbocycles. The molecular weight excluding hydrogens is 1580 g/mol. The molecule has 0 N–H and O–H groups in total. The molecule has 2 saturated heterocycles. The number of halogens is 6. The Morgan fingerprint density at radius 1 is 0.254 bits per heavy atom.